The summed E-state index contributed by atoms with van der Waals surface area (Å²) in [7, 11) is 0. The lowest BCUT2D eigenvalue weighted by molar-refractivity contribution is -0.141. The number of aromatic nitrogens is 1. The van der Waals surface area contributed by atoms with E-state index in [2.05, 4.69) is 4.98 Å². The van der Waals surface area contributed by atoms with Crippen LogP contribution in [0.4, 0.5) is 13.2 Å². The maximum absolute atomic E-state index is 12.3. The molecule has 1 aromatic carbocycles. The normalized spacial score (nSPS) is 11.5. The van der Waals surface area contributed by atoms with Crippen LogP contribution in [0.15, 0.2) is 47.4 Å². The molecule has 0 amide bonds. The zero-order chi connectivity index (χ0) is 12.5. The summed E-state index contributed by atoms with van der Waals surface area (Å²) in [6, 6.07) is 9.10. The lowest BCUT2D eigenvalue weighted by Crippen LogP contribution is -2.14. The fraction of sp³-hybridized carbons (Fsp3) is 0.0833. The molecule has 1 aromatic heterocycles. The highest BCUT2D eigenvalue weighted by molar-refractivity contribution is 5.62. The Labute approximate surface area is 94.7 Å². The topological polar surface area (TPSA) is 32.9 Å². The van der Waals surface area contributed by atoms with Gasteiger partial charge in [-0.25, -0.2) is 0 Å². The van der Waals surface area contributed by atoms with Crippen molar-refractivity contribution in [3.05, 3.63) is 58.5 Å². The average Bonchev–Trinajstić information content (AvgIpc) is 2.29. The zero-order valence-corrected chi connectivity index (χ0v) is 8.58. The Hall–Kier alpha value is -2.04. The van der Waals surface area contributed by atoms with Gasteiger partial charge in [-0.3, -0.25) is 4.79 Å². The number of pyridine rings is 1. The molecule has 5 heteroatoms. The second kappa shape index (κ2) is 4.08. The second-order valence-electron chi connectivity index (χ2n) is 3.49. The molecule has 0 bridgehead atoms. The SMILES string of the molecule is O=c1cc(C(F)(F)F)[nH]cc1-c1ccccc1. The predicted molar refractivity (Wildman–Crippen MR) is 57.5 cm³/mol. The van der Waals surface area contributed by atoms with E-state index in [1.54, 1.807) is 30.3 Å². The van der Waals surface area contributed by atoms with Crippen LogP contribution in [0.5, 0.6) is 0 Å². The molecule has 17 heavy (non-hydrogen) atoms. The number of halogens is 3. The number of nitrogens with one attached hydrogen (secondary N) is 1. The summed E-state index contributed by atoms with van der Waals surface area (Å²) in [6.07, 6.45) is -3.45. The third-order valence-corrected chi connectivity index (χ3v) is 2.30. The Kier molecular flexibility index (Phi) is 2.75. The molecule has 2 nitrogen and oxygen atoms in total. The Bertz CT molecular complexity index is 572. The molecule has 0 saturated heterocycles. The Balaban J connectivity index is 2.51. The van der Waals surface area contributed by atoms with Gasteiger partial charge >= 0.3 is 6.18 Å². The molecule has 2 rings (SSSR count). The maximum Gasteiger partial charge on any atom is 0.431 e. The minimum absolute atomic E-state index is 0.221. The molecule has 1 heterocycles. The Morgan fingerprint density at radius 1 is 1.06 bits per heavy atom. The molecule has 0 unspecified atom stereocenters. The minimum atomic E-state index is -4.53. The minimum Gasteiger partial charge on any atom is -0.357 e. The maximum atomic E-state index is 12.3. The number of hydrogen-bond acceptors (Lipinski definition) is 1. The quantitative estimate of drug-likeness (QED) is 0.815. The third-order valence-electron chi connectivity index (χ3n) is 2.30. The van der Waals surface area contributed by atoms with Gasteiger partial charge in [-0.15, -0.1) is 0 Å². The lowest BCUT2D eigenvalue weighted by atomic mass is 10.1. The van der Waals surface area contributed by atoms with Gasteiger partial charge in [0.2, 0.25) is 0 Å². The smallest absolute Gasteiger partial charge is 0.357 e. The van der Waals surface area contributed by atoms with Gasteiger partial charge in [-0.05, 0) is 5.56 Å². The van der Waals surface area contributed by atoms with Gasteiger partial charge in [-0.1, -0.05) is 30.3 Å². The van der Waals surface area contributed by atoms with Crippen molar-refractivity contribution in [2.75, 3.05) is 0 Å². The van der Waals surface area contributed by atoms with E-state index in [4.69, 9.17) is 0 Å². The predicted octanol–water partition coefficient (Wildman–Crippen LogP) is 3.06. The average molecular weight is 239 g/mol. The highest BCUT2D eigenvalue weighted by Crippen LogP contribution is 2.27. The Morgan fingerprint density at radius 3 is 2.24 bits per heavy atom. The van der Waals surface area contributed by atoms with Crippen LogP contribution < -0.4 is 5.43 Å². The van der Waals surface area contributed by atoms with Crippen molar-refractivity contribution >= 4 is 0 Å². The van der Waals surface area contributed by atoms with Crippen molar-refractivity contribution in [3.8, 4) is 11.1 Å². The number of H-pyrrole nitrogens is 1. The fourth-order valence-electron chi connectivity index (χ4n) is 1.48. The van der Waals surface area contributed by atoms with Gasteiger partial charge in [0.1, 0.15) is 5.69 Å². The number of hydrogen-bond donors (Lipinski definition) is 1. The van der Waals surface area contributed by atoms with Crippen LogP contribution in [0, 0.1) is 0 Å². The van der Waals surface area contributed by atoms with Crippen molar-refractivity contribution in [2.24, 2.45) is 0 Å². The van der Waals surface area contributed by atoms with Crippen LogP contribution in [0.2, 0.25) is 0 Å². The van der Waals surface area contributed by atoms with E-state index in [0.29, 0.717) is 11.6 Å². The molecule has 1 N–H and O–H groups in total. The van der Waals surface area contributed by atoms with Crippen LogP contribution in [-0.2, 0) is 6.18 Å². The summed E-state index contributed by atoms with van der Waals surface area (Å²) in [5, 5.41) is 0. The molecule has 0 radical (unpaired) electrons. The van der Waals surface area contributed by atoms with Gasteiger partial charge in [0.15, 0.2) is 5.43 Å². The van der Waals surface area contributed by atoms with Crippen LogP contribution in [0.3, 0.4) is 0 Å². The van der Waals surface area contributed by atoms with E-state index in [9.17, 15) is 18.0 Å². The molecule has 2 aromatic rings. The monoisotopic (exact) mass is 239 g/mol. The van der Waals surface area contributed by atoms with Gasteiger partial charge in [0, 0.05) is 17.8 Å². The molecule has 0 aliphatic heterocycles. The van der Waals surface area contributed by atoms with Crippen molar-refractivity contribution in [1.82, 2.24) is 4.98 Å². The highest BCUT2D eigenvalue weighted by Gasteiger charge is 2.32. The van der Waals surface area contributed by atoms with E-state index < -0.39 is 17.3 Å². The highest BCUT2D eigenvalue weighted by atomic mass is 19.4. The molecule has 0 atom stereocenters. The number of benzene rings is 1. The van der Waals surface area contributed by atoms with Crippen LogP contribution >= 0.6 is 0 Å². The second-order valence-corrected chi connectivity index (χ2v) is 3.49. The first-order valence-electron chi connectivity index (χ1n) is 4.84. The molecular weight excluding hydrogens is 231 g/mol. The molecule has 0 aliphatic rings. The van der Waals surface area contributed by atoms with Crippen LogP contribution in [-0.4, -0.2) is 4.98 Å². The summed E-state index contributed by atoms with van der Waals surface area (Å²) < 4.78 is 37.0. The lowest BCUT2D eigenvalue weighted by Gasteiger charge is -2.07. The summed E-state index contributed by atoms with van der Waals surface area (Å²) in [6.45, 7) is 0. The van der Waals surface area contributed by atoms with E-state index in [-0.39, 0.29) is 5.56 Å². The standard InChI is InChI=1S/C12H8F3NO/c13-12(14,15)11-6-10(17)9(7-16-11)8-4-2-1-3-5-8/h1-7H,(H,16,17). The summed E-state index contributed by atoms with van der Waals surface area (Å²) in [4.78, 5) is 13.7. The molecule has 88 valence electrons. The van der Waals surface area contributed by atoms with Crippen LogP contribution in [0.25, 0.3) is 11.1 Å². The van der Waals surface area contributed by atoms with E-state index in [1.807, 2.05) is 0 Å². The number of rotatable bonds is 1. The first kappa shape index (κ1) is 11.4. The van der Waals surface area contributed by atoms with Crippen molar-refractivity contribution < 1.29 is 13.2 Å². The molecule has 0 fully saturated rings. The van der Waals surface area contributed by atoms with Gasteiger partial charge < -0.3 is 4.98 Å². The number of aromatic amines is 1. The van der Waals surface area contributed by atoms with Crippen LogP contribution in [0.1, 0.15) is 5.69 Å². The zero-order valence-electron chi connectivity index (χ0n) is 8.58. The molecule has 0 aliphatic carbocycles. The third kappa shape index (κ3) is 2.38. The Morgan fingerprint density at radius 2 is 1.71 bits per heavy atom. The van der Waals surface area contributed by atoms with Gasteiger partial charge in [-0.2, -0.15) is 13.2 Å². The van der Waals surface area contributed by atoms with E-state index >= 15 is 0 Å². The van der Waals surface area contributed by atoms with Gasteiger partial charge in [0.05, 0.1) is 0 Å². The summed E-state index contributed by atoms with van der Waals surface area (Å²) in [5.74, 6) is 0. The number of alkyl halides is 3. The summed E-state index contributed by atoms with van der Waals surface area (Å²) in [5.41, 5.74) is -0.884. The largest absolute Gasteiger partial charge is 0.431 e. The van der Waals surface area contributed by atoms with E-state index in [0.717, 1.165) is 6.20 Å². The van der Waals surface area contributed by atoms with Gasteiger partial charge in [0.25, 0.3) is 0 Å². The fourth-order valence-corrected chi connectivity index (χ4v) is 1.48. The molecular formula is C12H8F3NO. The first-order valence-corrected chi connectivity index (χ1v) is 4.84. The summed E-state index contributed by atoms with van der Waals surface area (Å²) >= 11 is 0. The first-order chi connectivity index (χ1) is 7.98. The van der Waals surface area contributed by atoms with Crippen molar-refractivity contribution in [2.45, 2.75) is 6.18 Å². The van der Waals surface area contributed by atoms with E-state index in [1.165, 1.54) is 0 Å². The van der Waals surface area contributed by atoms with Crippen molar-refractivity contribution in [3.63, 3.8) is 0 Å². The molecule has 0 saturated carbocycles. The van der Waals surface area contributed by atoms with Crippen molar-refractivity contribution in [1.29, 1.82) is 0 Å². The molecule has 0 spiro atoms.